The van der Waals surface area contributed by atoms with Crippen LogP contribution in [0.2, 0.25) is 0 Å². The van der Waals surface area contributed by atoms with Gasteiger partial charge in [0.2, 0.25) is 0 Å². The number of hydrogen-bond acceptors (Lipinski definition) is 3. The molecule has 0 heterocycles. The molecule has 0 fully saturated rings. The average Bonchev–Trinajstić information content (AvgIpc) is 2.35. The van der Waals surface area contributed by atoms with E-state index >= 15 is 0 Å². The minimum Gasteiger partial charge on any atom is -0.491 e. The van der Waals surface area contributed by atoms with E-state index in [1.165, 1.54) is 0 Å². The van der Waals surface area contributed by atoms with Gasteiger partial charge in [0.1, 0.15) is 5.75 Å². The zero-order chi connectivity index (χ0) is 14.4. The fourth-order valence-electron chi connectivity index (χ4n) is 2.07. The third-order valence-electron chi connectivity index (χ3n) is 3.18. The van der Waals surface area contributed by atoms with Crippen molar-refractivity contribution in [3.63, 3.8) is 0 Å². The molecule has 0 saturated heterocycles. The lowest BCUT2D eigenvalue weighted by atomic mass is 10.1. The first-order valence-corrected chi connectivity index (χ1v) is 7.12. The molecule has 1 N–H and O–H groups in total. The SMILES string of the molecule is CCN(CC(O)c1ccc(OC(C)C)cc1)C(C)C. The fourth-order valence-corrected chi connectivity index (χ4v) is 2.07. The number of ether oxygens (including phenoxy) is 1. The molecule has 0 spiro atoms. The van der Waals surface area contributed by atoms with Crippen LogP contribution in [-0.2, 0) is 0 Å². The predicted molar refractivity (Wildman–Crippen MR) is 79.5 cm³/mol. The lowest BCUT2D eigenvalue weighted by molar-refractivity contribution is 0.0991. The Morgan fingerprint density at radius 1 is 1.11 bits per heavy atom. The van der Waals surface area contributed by atoms with Crippen molar-refractivity contribution in [1.29, 1.82) is 0 Å². The van der Waals surface area contributed by atoms with Gasteiger partial charge in [0, 0.05) is 12.6 Å². The molecule has 0 aliphatic rings. The number of aliphatic hydroxyl groups is 1. The normalized spacial score (nSPS) is 13.3. The van der Waals surface area contributed by atoms with Gasteiger partial charge in [-0.2, -0.15) is 0 Å². The van der Waals surface area contributed by atoms with E-state index in [1.54, 1.807) is 0 Å². The molecule has 0 aromatic heterocycles. The maximum absolute atomic E-state index is 10.3. The van der Waals surface area contributed by atoms with E-state index in [4.69, 9.17) is 4.74 Å². The minimum atomic E-state index is -0.449. The third-order valence-corrected chi connectivity index (χ3v) is 3.18. The zero-order valence-electron chi connectivity index (χ0n) is 12.8. The second kappa shape index (κ2) is 7.51. The van der Waals surface area contributed by atoms with Gasteiger partial charge >= 0.3 is 0 Å². The third kappa shape index (κ3) is 5.21. The van der Waals surface area contributed by atoms with Crippen LogP contribution < -0.4 is 4.74 Å². The van der Waals surface area contributed by atoms with E-state index in [0.717, 1.165) is 17.9 Å². The molecule has 0 aliphatic carbocycles. The monoisotopic (exact) mass is 265 g/mol. The first-order chi connectivity index (χ1) is 8.93. The summed E-state index contributed by atoms with van der Waals surface area (Å²) < 4.78 is 5.60. The second-order valence-electron chi connectivity index (χ2n) is 5.43. The highest BCUT2D eigenvalue weighted by Crippen LogP contribution is 2.20. The van der Waals surface area contributed by atoms with Crippen molar-refractivity contribution < 1.29 is 9.84 Å². The van der Waals surface area contributed by atoms with E-state index in [0.29, 0.717) is 12.6 Å². The van der Waals surface area contributed by atoms with Gasteiger partial charge in [-0.25, -0.2) is 0 Å². The average molecular weight is 265 g/mol. The summed E-state index contributed by atoms with van der Waals surface area (Å²) in [6.07, 6.45) is -0.275. The Balaban J connectivity index is 2.64. The lowest BCUT2D eigenvalue weighted by Crippen LogP contribution is -2.34. The number of rotatable bonds is 7. The maximum Gasteiger partial charge on any atom is 0.119 e. The first kappa shape index (κ1) is 16.0. The molecule has 1 unspecified atom stereocenters. The smallest absolute Gasteiger partial charge is 0.119 e. The first-order valence-electron chi connectivity index (χ1n) is 7.12. The van der Waals surface area contributed by atoms with Crippen molar-refractivity contribution >= 4 is 0 Å². The summed E-state index contributed by atoms with van der Waals surface area (Å²) in [6.45, 7) is 12.0. The standard InChI is InChI=1S/C16H27NO2/c1-6-17(12(2)3)11-16(18)14-7-9-15(10-8-14)19-13(4)5/h7-10,12-13,16,18H,6,11H2,1-5H3. The van der Waals surface area contributed by atoms with Crippen LogP contribution in [0.25, 0.3) is 0 Å². The number of hydrogen-bond donors (Lipinski definition) is 1. The highest BCUT2D eigenvalue weighted by atomic mass is 16.5. The molecular formula is C16H27NO2. The molecule has 0 saturated carbocycles. The van der Waals surface area contributed by atoms with E-state index in [2.05, 4.69) is 25.7 Å². The summed E-state index contributed by atoms with van der Waals surface area (Å²) in [6, 6.07) is 8.17. The van der Waals surface area contributed by atoms with Gasteiger partial charge < -0.3 is 9.84 Å². The van der Waals surface area contributed by atoms with Crippen molar-refractivity contribution in [3.8, 4) is 5.75 Å². The molecule has 1 atom stereocenters. The second-order valence-corrected chi connectivity index (χ2v) is 5.43. The molecule has 108 valence electrons. The van der Waals surface area contributed by atoms with Gasteiger partial charge in [-0.15, -0.1) is 0 Å². The molecule has 0 radical (unpaired) electrons. The van der Waals surface area contributed by atoms with Crippen molar-refractivity contribution in [2.75, 3.05) is 13.1 Å². The summed E-state index contributed by atoms with van der Waals surface area (Å²) >= 11 is 0. The topological polar surface area (TPSA) is 32.7 Å². The lowest BCUT2D eigenvalue weighted by Gasteiger charge is -2.27. The van der Waals surface area contributed by atoms with E-state index in [1.807, 2.05) is 38.1 Å². The van der Waals surface area contributed by atoms with Crippen molar-refractivity contribution in [2.45, 2.75) is 52.9 Å². The Labute approximate surface area is 117 Å². The highest BCUT2D eigenvalue weighted by Gasteiger charge is 2.14. The molecule has 0 bridgehead atoms. The van der Waals surface area contributed by atoms with Crippen LogP contribution in [0, 0.1) is 0 Å². The van der Waals surface area contributed by atoms with Crippen LogP contribution in [0.5, 0.6) is 5.75 Å². The molecule has 3 nitrogen and oxygen atoms in total. The largest absolute Gasteiger partial charge is 0.491 e. The van der Waals surface area contributed by atoms with Crippen LogP contribution in [-0.4, -0.2) is 35.2 Å². The molecule has 1 rings (SSSR count). The van der Waals surface area contributed by atoms with Gasteiger partial charge in [0.05, 0.1) is 12.2 Å². The van der Waals surface area contributed by atoms with Gasteiger partial charge in [-0.05, 0) is 51.9 Å². The van der Waals surface area contributed by atoms with E-state index in [-0.39, 0.29) is 6.10 Å². The summed E-state index contributed by atoms with van der Waals surface area (Å²) in [7, 11) is 0. The van der Waals surface area contributed by atoms with Gasteiger partial charge in [-0.1, -0.05) is 19.1 Å². The number of benzene rings is 1. The number of likely N-dealkylation sites (N-methyl/N-ethyl adjacent to an activating group) is 1. The fraction of sp³-hybridized carbons (Fsp3) is 0.625. The Morgan fingerprint density at radius 2 is 1.68 bits per heavy atom. The molecular weight excluding hydrogens is 238 g/mol. The molecule has 0 amide bonds. The van der Waals surface area contributed by atoms with Crippen LogP contribution in [0.4, 0.5) is 0 Å². The molecule has 19 heavy (non-hydrogen) atoms. The van der Waals surface area contributed by atoms with Gasteiger partial charge in [0.15, 0.2) is 0 Å². The van der Waals surface area contributed by atoms with Gasteiger partial charge in [-0.3, -0.25) is 4.90 Å². The van der Waals surface area contributed by atoms with Crippen molar-refractivity contribution in [1.82, 2.24) is 4.90 Å². The van der Waals surface area contributed by atoms with E-state index in [9.17, 15) is 5.11 Å². The summed E-state index contributed by atoms with van der Waals surface area (Å²) in [5.41, 5.74) is 0.940. The number of aliphatic hydroxyl groups excluding tert-OH is 1. The molecule has 1 aromatic rings. The van der Waals surface area contributed by atoms with Crippen LogP contribution in [0.15, 0.2) is 24.3 Å². The zero-order valence-corrected chi connectivity index (χ0v) is 12.8. The van der Waals surface area contributed by atoms with Crippen LogP contribution in [0.1, 0.15) is 46.3 Å². The predicted octanol–water partition coefficient (Wildman–Crippen LogP) is 3.24. The Kier molecular flexibility index (Phi) is 6.32. The summed E-state index contributed by atoms with van der Waals surface area (Å²) in [5, 5.41) is 10.3. The molecule has 3 heteroatoms. The van der Waals surface area contributed by atoms with E-state index < -0.39 is 6.10 Å². The number of nitrogens with zero attached hydrogens (tertiary/aromatic N) is 1. The molecule has 1 aromatic carbocycles. The van der Waals surface area contributed by atoms with Crippen LogP contribution in [0.3, 0.4) is 0 Å². The molecule has 0 aliphatic heterocycles. The Morgan fingerprint density at radius 3 is 2.11 bits per heavy atom. The minimum absolute atomic E-state index is 0.173. The summed E-state index contributed by atoms with van der Waals surface area (Å²) in [5.74, 6) is 0.849. The van der Waals surface area contributed by atoms with Crippen molar-refractivity contribution in [2.24, 2.45) is 0 Å². The summed E-state index contributed by atoms with van der Waals surface area (Å²) in [4.78, 5) is 2.25. The quantitative estimate of drug-likeness (QED) is 0.821. The maximum atomic E-state index is 10.3. The highest BCUT2D eigenvalue weighted by molar-refractivity contribution is 5.28. The Bertz CT molecular complexity index is 360. The van der Waals surface area contributed by atoms with Crippen LogP contribution >= 0.6 is 0 Å². The van der Waals surface area contributed by atoms with Gasteiger partial charge in [0.25, 0.3) is 0 Å². The Hall–Kier alpha value is -1.06. The van der Waals surface area contributed by atoms with Crippen molar-refractivity contribution in [3.05, 3.63) is 29.8 Å².